The van der Waals surface area contributed by atoms with Crippen molar-refractivity contribution < 1.29 is 27.1 Å². The standard InChI is InChI=1S/C26H25ClFN3O5S/c1-36-15-17-14-26(17,31-25(33)29-19-10-8-18(27)9-11-19)24(32)30-22-12-7-16(13-21(22)28)20-5-3-4-6-23(20)37(2,34)35/h3-13,17H,14-15H2,1-2H3,(H,30,32)(H2,29,31,33). The van der Waals surface area contributed by atoms with E-state index in [0.29, 0.717) is 28.3 Å². The first-order valence-corrected chi connectivity index (χ1v) is 13.5. The Kier molecular flexibility index (Phi) is 7.54. The molecule has 3 amide bonds. The van der Waals surface area contributed by atoms with Crippen LogP contribution in [0, 0.1) is 11.7 Å². The maximum atomic E-state index is 15.1. The molecule has 1 aliphatic carbocycles. The Morgan fingerprint density at radius 1 is 1.08 bits per heavy atom. The zero-order valence-electron chi connectivity index (χ0n) is 20.0. The maximum Gasteiger partial charge on any atom is 0.320 e. The third-order valence-electron chi connectivity index (χ3n) is 6.13. The molecule has 8 nitrogen and oxygen atoms in total. The number of sulfone groups is 1. The third kappa shape index (κ3) is 5.93. The lowest BCUT2D eigenvalue weighted by atomic mass is 10.0. The van der Waals surface area contributed by atoms with E-state index in [1.807, 2.05) is 0 Å². The summed E-state index contributed by atoms with van der Waals surface area (Å²) in [4.78, 5) is 25.9. The number of rotatable bonds is 8. The lowest BCUT2D eigenvalue weighted by Gasteiger charge is -2.20. The van der Waals surface area contributed by atoms with Crippen LogP contribution in [0.2, 0.25) is 5.02 Å². The molecule has 0 radical (unpaired) electrons. The summed E-state index contributed by atoms with van der Waals surface area (Å²) in [6.07, 6.45) is 1.39. The molecule has 1 saturated carbocycles. The number of amides is 3. The molecule has 11 heteroatoms. The van der Waals surface area contributed by atoms with Crippen LogP contribution in [0.5, 0.6) is 0 Å². The van der Waals surface area contributed by atoms with Crippen molar-refractivity contribution in [1.29, 1.82) is 0 Å². The second-order valence-corrected chi connectivity index (χ2v) is 11.3. The first kappa shape index (κ1) is 26.6. The molecule has 3 N–H and O–H groups in total. The summed E-state index contributed by atoms with van der Waals surface area (Å²) in [5, 5.41) is 8.42. The molecule has 1 aliphatic rings. The number of carbonyl (C=O) groups is 2. The molecule has 1 fully saturated rings. The van der Waals surface area contributed by atoms with E-state index in [1.165, 1.54) is 25.3 Å². The van der Waals surface area contributed by atoms with E-state index >= 15 is 4.39 Å². The minimum atomic E-state index is -3.54. The summed E-state index contributed by atoms with van der Waals surface area (Å²) in [6.45, 7) is 0.221. The molecule has 0 saturated heterocycles. The number of hydrogen-bond acceptors (Lipinski definition) is 5. The molecule has 0 aromatic heterocycles. The van der Waals surface area contributed by atoms with Crippen molar-refractivity contribution in [2.75, 3.05) is 30.6 Å². The smallest absolute Gasteiger partial charge is 0.320 e. The number of nitrogens with one attached hydrogen (secondary N) is 3. The SMILES string of the molecule is COCC1CC1(NC(=O)Nc1ccc(Cl)cc1)C(=O)Nc1ccc(-c2ccccc2S(C)(=O)=O)cc1F. The van der Waals surface area contributed by atoms with Gasteiger partial charge in [0.15, 0.2) is 9.84 Å². The summed E-state index contributed by atoms with van der Waals surface area (Å²) in [7, 11) is -2.05. The Bertz CT molecular complexity index is 1450. The predicted octanol–water partition coefficient (Wildman–Crippen LogP) is 4.71. The Morgan fingerprint density at radius 3 is 2.43 bits per heavy atom. The summed E-state index contributed by atoms with van der Waals surface area (Å²) >= 11 is 5.87. The van der Waals surface area contributed by atoms with Gasteiger partial charge in [-0.2, -0.15) is 0 Å². The van der Waals surface area contributed by atoms with E-state index in [1.54, 1.807) is 42.5 Å². The molecule has 194 valence electrons. The van der Waals surface area contributed by atoms with Crippen LogP contribution < -0.4 is 16.0 Å². The molecule has 0 bridgehead atoms. The minimum Gasteiger partial charge on any atom is -0.384 e. The average molecular weight is 546 g/mol. The molecular formula is C26H25ClFN3O5S. The second-order valence-electron chi connectivity index (χ2n) is 8.83. The van der Waals surface area contributed by atoms with Crippen LogP contribution in [0.1, 0.15) is 6.42 Å². The van der Waals surface area contributed by atoms with Gasteiger partial charge in [0.1, 0.15) is 11.4 Å². The van der Waals surface area contributed by atoms with Gasteiger partial charge in [-0.3, -0.25) is 4.79 Å². The molecule has 0 heterocycles. The fourth-order valence-electron chi connectivity index (χ4n) is 4.16. The highest BCUT2D eigenvalue weighted by Gasteiger charge is 2.61. The maximum absolute atomic E-state index is 15.1. The largest absolute Gasteiger partial charge is 0.384 e. The second kappa shape index (κ2) is 10.5. The zero-order chi connectivity index (χ0) is 26.8. The number of halogens is 2. The van der Waals surface area contributed by atoms with E-state index in [2.05, 4.69) is 16.0 Å². The quantitative estimate of drug-likeness (QED) is 0.379. The van der Waals surface area contributed by atoms with E-state index in [4.69, 9.17) is 16.3 Å². The Morgan fingerprint density at radius 2 is 1.78 bits per heavy atom. The van der Waals surface area contributed by atoms with Crippen molar-refractivity contribution in [2.24, 2.45) is 5.92 Å². The van der Waals surface area contributed by atoms with Gasteiger partial charge in [-0.25, -0.2) is 17.6 Å². The summed E-state index contributed by atoms with van der Waals surface area (Å²) in [5.74, 6) is -1.65. The van der Waals surface area contributed by atoms with E-state index < -0.39 is 33.1 Å². The van der Waals surface area contributed by atoms with Gasteiger partial charge in [0.2, 0.25) is 0 Å². The number of hydrogen-bond donors (Lipinski definition) is 3. The Labute approximate surface area is 219 Å². The number of methoxy groups -OCH3 is 1. The first-order valence-electron chi connectivity index (χ1n) is 11.3. The molecule has 4 rings (SSSR count). The number of carbonyl (C=O) groups excluding carboxylic acids is 2. The molecule has 2 unspecified atom stereocenters. The zero-order valence-corrected chi connectivity index (χ0v) is 21.6. The fraction of sp³-hybridized carbons (Fsp3) is 0.231. The van der Waals surface area contributed by atoms with Crippen LogP contribution in [0.3, 0.4) is 0 Å². The Balaban J connectivity index is 1.53. The lowest BCUT2D eigenvalue weighted by molar-refractivity contribution is -0.119. The van der Waals surface area contributed by atoms with Gasteiger partial charge < -0.3 is 20.7 Å². The van der Waals surface area contributed by atoms with E-state index in [-0.39, 0.29) is 23.1 Å². The predicted molar refractivity (Wildman–Crippen MR) is 140 cm³/mol. The summed E-state index contributed by atoms with van der Waals surface area (Å²) < 4.78 is 44.5. The topological polar surface area (TPSA) is 114 Å². The average Bonchev–Trinajstić information content (AvgIpc) is 3.54. The number of ether oxygens (including phenoxy) is 1. The minimum absolute atomic E-state index is 0.0708. The number of benzene rings is 3. The van der Waals surface area contributed by atoms with E-state index in [0.717, 1.165) is 12.3 Å². The van der Waals surface area contributed by atoms with Gasteiger partial charge in [0.25, 0.3) is 5.91 Å². The van der Waals surface area contributed by atoms with Gasteiger partial charge in [-0.05, 0) is 54.4 Å². The normalized spacial score (nSPS) is 18.6. The van der Waals surface area contributed by atoms with Crippen molar-refractivity contribution in [3.8, 4) is 11.1 Å². The lowest BCUT2D eigenvalue weighted by Crippen LogP contribution is -2.50. The molecular weight excluding hydrogens is 521 g/mol. The molecule has 0 spiro atoms. The highest BCUT2D eigenvalue weighted by Crippen LogP contribution is 2.45. The summed E-state index contributed by atoms with van der Waals surface area (Å²) in [6, 6.07) is 16.2. The van der Waals surface area contributed by atoms with Gasteiger partial charge in [-0.1, -0.05) is 35.9 Å². The number of urea groups is 1. The third-order valence-corrected chi connectivity index (χ3v) is 7.54. The molecule has 37 heavy (non-hydrogen) atoms. The van der Waals surface area contributed by atoms with Crippen LogP contribution in [0.25, 0.3) is 11.1 Å². The van der Waals surface area contributed by atoms with Crippen LogP contribution in [-0.4, -0.2) is 45.9 Å². The van der Waals surface area contributed by atoms with Crippen molar-refractivity contribution in [2.45, 2.75) is 16.9 Å². The van der Waals surface area contributed by atoms with Gasteiger partial charge in [0.05, 0.1) is 17.2 Å². The van der Waals surface area contributed by atoms with Crippen molar-refractivity contribution in [3.63, 3.8) is 0 Å². The van der Waals surface area contributed by atoms with Crippen LogP contribution in [0.15, 0.2) is 71.6 Å². The molecule has 3 aromatic carbocycles. The molecule has 0 aliphatic heterocycles. The van der Waals surface area contributed by atoms with Gasteiger partial charge in [0, 0.05) is 35.6 Å². The van der Waals surface area contributed by atoms with Crippen molar-refractivity contribution >= 4 is 44.8 Å². The fourth-order valence-corrected chi connectivity index (χ4v) is 5.20. The van der Waals surface area contributed by atoms with Crippen LogP contribution in [-0.2, 0) is 19.4 Å². The molecule has 3 aromatic rings. The highest BCUT2D eigenvalue weighted by atomic mass is 35.5. The highest BCUT2D eigenvalue weighted by molar-refractivity contribution is 7.90. The van der Waals surface area contributed by atoms with Gasteiger partial charge in [-0.15, -0.1) is 0 Å². The van der Waals surface area contributed by atoms with Crippen LogP contribution in [0.4, 0.5) is 20.6 Å². The Hall–Kier alpha value is -3.47. The molecule has 2 atom stereocenters. The first-order chi connectivity index (χ1) is 17.5. The van der Waals surface area contributed by atoms with Crippen molar-refractivity contribution in [1.82, 2.24) is 5.32 Å². The van der Waals surface area contributed by atoms with E-state index in [9.17, 15) is 18.0 Å². The monoisotopic (exact) mass is 545 g/mol. The number of anilines is 2. The van der Waals surface area contributed by atoms with Crippen molar-refractivity contribution in [3.05, 3.63) is 77.6 Å². The van der Waals surface area contributed by atoms with Crippen LogP contribution >= 0.6 is 11.6 Å². The van der Waals surface area contributed by atoms with Gasteiger partial charge >= 0.3 is 6.03 Å². The summed E-state index contributed by atoms with van der Waals surface area (Å²) in [5.41, 5.74) is -0.220.